The van der Waals surface area contributed by atoms with Crippen molar-refractivity contribution in [3.8, 4) is 0 Å². The van der Waals surface area contributed by atoms with Crippen LogP contribution >= 0.6 is 11.8 Å². The van der Waals surface area contributed by atoms with Gasteiger partial charge in [0.25, 0.3) is 0 Å². The number of amides is 3. The van der Waals surface area contributed by atoms with Gasteiger partial charge in [0.1, 0.15) is 18.1 Å². The number of nitrogens with two attached hydrogens (primary N) is 3. The fourth-order valence-corrected chi connectivity index (χ4v) is 3.21. The normalized spacial score (nSPS) is 13.8. The van der Waals surface area contributed by atoms with Gasteiger partial charge in [-0.3, -0.25) is 29.0 Å². The van der Waals surface area contributed by atoms with E-state index in [9.17, 15) is 33.9 Å². The number of carbonyl (C=O) groups excluding carboxylic acids is 3. The fourth-order valence-electron chi connectivity index (χ4n) is 2.73. The summed E-state index contributed by atoms with van der Waals surface area (Å²) in [6.07, 6.45) is 0.344. The number of guanidine groups is 1. The third-order valence-electron chi connectivity index (χ3n) is 4.55. The van der Waals surface area contributed by atoms with Crippen LogP contribution in [0.2, 0.25) is 0 Å². The predicted octanol–water partition coefficient (Wildman–Crippen LogP) is -3.39. The van der Waals surface area contributed by atoms with Crippen molar-refractivity contribution in [3.05, 3.63) is 0 Å². The van der Waals surface area contributed by atoms with Crippen molar-refractivity contribution in [2.75, 3.05) is 18.6 Å². The zero-order chi connectivity index (χ0) is 27.8. The summed E-state index contributed by atoms with van der Waals surface area (Å²) < 4.78 is 0. The van der Waals surface area contributed by atoms with Gasteiger partial charge < -0.3 is 48.5 Å². The summed E-state index contributed by atoms with van der Waals surface area (Å²) in [5, 5.41) is 33.9. The molecule has 12 N–H and O–H groups in total. The lowest BCUT2D eigenvalue weighted by atomic mass is 10.1. The molecule has 0 saturated heterocycles. The van der Waals surface area contributed by atoms with Crippen LogP contribution in [0.5, 0.6) is 0 Å². The van der Waals surface area contributed by atoms with Gasteiger partial charge in [0.15, 0.2) is 5.96 Å². The summed E-state index contributed by atoms with van der Waals surface area (Å²) in [5.41, 5.74) is 16.1. The Bertz CT molecular complexity index is 836. The van der Waals surface area contributed by atoms with Crippen LogP contribution in [0, 0.1) is 0 Å². The molecular weight excluding hydrogens is 502 g/mol. The Balaban J connectivity index is 5.41. The Morgan fingerprint density at radius 2 is 1.28 bits per heavy atom. The highest BCUT2D eigenvalue weighted by molar-refractivity contribution is 7.98. The maximum absolute atomic E-state index is 12.7. The number of aliphatic carboxylic acids is 3. The highest BCUT2D eigenvalue weighted by atomic mass is 32.2. The van der Waals surface area contributed by atoms with Gasteiger partial charge in [-0.05, 0) is 31.3 Å². The molecular formula is C19H33N7O9S. The van der Waals surface area contributed by atoms with Crippen LogP contribution in [0.15, 0.2) is 4.99 Å². The van der Waals surface area contributed by atoms with Gasteiger partial charge in [0.05, 0.1) is 18.9 Å². The summed E-state index contributed by atoms with van der Waals surface area (Å²) in [6, 6.07) is -5.93. The van der Waals surface area contributed by atoms with Crippen molar-refractivity contribution >= 4 is 53.4 Å². The minimum Gasteiger partial charge on any atom is -0.481 e. The second-order valence-corrected chi connectivity index (χ2v) is 8.54. The Morgan fingerprint density at radius 3 is 1.69 bits per heavy atom. The van der Waals surface area contributed by atoms with Crippen LogP contribution in [0.1, 0.15) is 32.1 Å². The molecule has 0 heterocycles. The number of thioether (sulfide) groups is 1. The van der Waals surface area contributed by atoms with Crippen molar-refractivity contribution in [3.63, 3.8) is 0 Å². The number of aliphatic imine (C=N–C) groups is 1. The number of carbonyl (C=O) groups is 6. The van der Waals surface area contributed by atoms with E-state index in [0.717, 1.165) is 0 Å². The average molecular weight is 536 g/mol. The molecule has 16 nitrogen and oxygen atoms in total. The molecule has 0 aliphatic heterocycles. The number of carboxylic acid groups (broad SMARTS) is 3. The number of rotatable bonds is 18. The van der Waals surface area contributed by atoms with Gasteiger partial charge in [0, 0.05) is 6.54 Å². The van der Waals surface area contributed by atoms with Crippen LogP contribution in [0.25, 0.3) is 0 Å². The molecule has 0 aromatic heterocycles. The van der Waals surface area contributed by atoms with Crippen molar-refractivity contribution in [1.29, 1.82) is 0 Å². The zero-order valence-electron chi connectivity index (χ0n) is 19.6. The highest BCUT2D eigenvalue weighted by Gasteiger charge is 2.32. The lowest BCUT2D eigenvalue weighted by molar-refractivity contribution is -0.145. The van der Waals surface area contributed by atoms with E-state index in [2.05, 4.69) is 20.9 Å². The van der Waals surface area contributed by atoms with E-state index in [0.29, 0.717) is 12.2 Å². The van der Waals surface area contributed by atoms with Gasteiger partial charge in [-0.2, -0.15) is 11.8 Å². The molecule has 4 atom stereocenters. The molecule has 4 unspecified atom stereocenters. The second kappa shape index (κ2) is 16.9. The quantitative estimate of drug-likeness (QED) is 0.0470. The maximum Gasteiger partial charge on any atom is 0.326 e. The van der Waals surface area contributed by atoms with E-state index >= 15 is 0 Å². The Kier molecular flexibility index (Phi) is 15.2. The van der Waals surface area contributed by atoms with Crippen LogP contribution in [0.3, 0.4) is 0 Å². The Hall–Kier alpha value is -3.60. The number of nitrogens with one attached hydrogen (secondary N) is 3. The molecule has 36 heavy (non-hydrogen) atoms. The van der Waals surface area contributed by atoms with E-state index in [4.69, 9.17) is 27.4 Å². The highest BCUT2D eigenvalue weighted by Crippen LogP contribution is 2.05. The molecule has 0 aliphatic carbocycles. The van der Waals surface area contributed by atoms with Crippen molar-refractivity contribution < 1.29 is 44.1 Å². The summed E-state index contributed by atoms with van der Waals surface area (Å²) in [7, 11) is 0. The van der Waals surface area contributed by atoms with Crippen molar-refractivity contribution in [1.82, 2.24) is 16.0 Å². The molecule has 0 spiro atoms. The molecule has 0 aliphatic rings. The summed E-state index contributed by atoms with van der Waals surface area (Å²) >= 11 is 1.33. The van der Waals surface area contributed by atoms with Gasteiger partial charge >= 0.3 is 17.9 Å². The first kappa shape index (κ1) is 32.4. The summed E-state index contributed by atoms with van der Waals surface area (Å²) in [5.74, 6) is -7.23. The number of carboxylic acids is 3. The standard InChI is InChI=1S/C19H33N7O9S/c1-36-6-4-10(18(34)35)24-16(32)12(8-14(29)30)26-17(33)11(7-13(27)28)25-15(31)9(20)3-2-5-23-19(21)22/h9-12H,2-8,20H2,1H3,(H,24,32)(H,25,31)(H,26,33)(H,27,28)(H,29,30)(H,34,35)(H4,21,22,23). The molecule has 0 bridgehead atoms. The molecule has 204 valence electrons. The van der Waals surface area contributed by atoms with Crippen LogP contribution in [0.4, 0.5) is 0 Å². The molecule has 0 saturated carbocycles. The SMILES string of the molecule is CSCCC(NC(=O)C(CC(=O)O)NC(=O)C(CC(=O)O)NC(=O)C(N)CCCN=C(N)N)C(=O)O. The maximum atomic E-state index is 12.7. The first-order valence-electron chi connectivity index (χ1n) is 10.7. The lowest BCUT2D eigenvalue weighted by Crippen LogP contribution is -2.57. The predicted molar refractivity (Wildman–Crippen MR) is 129 cm³/mol. The largest absolute Gasteiger partial charge is 0.481 e. The van der Waals surface area contributed by atoms with Gasteiger partial charge in [-0.1, -0.05) is 0 Å². The fraction of sp³-hybridized carbons (Fsp3) is 0.632. The zero-order valence-corrected chi connectivity index (χ0v) is 20.5. The minimum atomic E-state index is -1.74. The summed E-state index contributed by atoms with van der Waals surface area (Å²) in [6.45, 7) is 0.183. The van der Waals surface area contributed by atoms with Crippen molar-refractivity contribution in [2.45, 2.75) is 56.3 Å². The van der Waals surface area contributed by atoms with Gasteiger partial charge in [-0.25, -0.2) is 4.79 Å². The van der Waals surface area contributed by atoms with Crippen LogP contribution in [-0.2, 0) is 28.8 Å². The van der Waals surface area contributed by atoms with Crippen molar-refractivity contribution in [2.24, 2.45) is 22.2 Å². The molecule has 0 rings (SSSR count). The third-order valence-corrected chi connectivity index (χ3v) is 5.20. The molecule has 0 aromatic rings. The molecule has 0 aromatic carbocycles. The molecule has 3 amide bonds. The second-order valence-electron chi connectivity index (χ2n) is 7.55. The van der Waals surface area contributed by atoms with E-state index in [1.165, 1.54) is 11.8 Å². The van der Waals surface area contributed by atoms with Gasteiger partial charge in [-0.15, -0.1) is 0 Å². The van der Waals surface area contributed by atoms with Crippen LogP contribution < -0.4 is 33.2 Å². The minimum absolute atomic E-state index is 0.0365. The van der Waals surface area contributed by atoms with Crippen LogP contribution in [-0.4, -0.2) is 99.6 Å². The topological polar surface area (TPSA) is 290 Å². The monoisotopic (exact) mass is 535 g/mol. The lowest BCUT2D eigenvalue weighted by Gasteiger charge is -2.24. The molecule has 0 fully saturated rings. The van der Waals surface area contributed by atoms with E-state index in [1.807, 2.05) is 0 Å². The smallest absolute Gasteiger partial charge is 0.326 e. The average Bonchev–Trinajstić information content (AvgIpc) is 2.77. The number of hydrogen-bond donors (Lipinski definition) is 9. The van der Waals surface area contributed by atoms with E-state index in [1.54, 1.807) is 6.26 Å². The van der Waals surface area contributed by atoms with Gasteiger partial charge in [0.2, 0.25) is 17.7 Å². The number of nitrogens with zero attached hydrogens (tertiary/aromatic N) is 1. The Morgan fingerprint density at radius 1 is 0.806 bits per heavy atom. The third kappa shape index (κ3) is 14.0. The summed E-state index contributed by atoms with van der Waals surface area (Å²) in [4.78, 5) is 75.1. The Labute approximate surface area is 210 Å². The number of hydrogen-bond acceptors (Lipinski definition) is 9. The first-order chi connectivity index (χ1) is 16.8. The molecule has 17 heteroatoms. The molecule has 0 radical (unpaired) electrons. The first-order valence-corrected chi connectivity index (χ1v) is 12.0. The van der Waals surface area contributed by atoms with E-state index in [-0.39, 0.29) is 25.3 Å². The van der Waals surface area contributed by atoms with E-state index < -0.39 is 72.6 Å².